The van der Waals surface area contributed by atoms with E-state index in [-0.39, 0.29) is 24.1 Å². The first-order chi connectivity index (χ1) is 12.2. The molecule has 3 aromatic carbocycles. The summed E-state index contributed by atoms with van der Waals surface area (Å²) in [4.78, 5) is 14.9. The van der Waals surface area contributed by atoms with Crippen molar-refractivity contribution in [1.29, 1.82) is 0 Å². The summed E-state index contributed by atoms with van der Waals surface area (Å²) in [6.45, 7) is 1.99. The first-order valence-corrected chi connectivity index (χ1v) is 8.79. The summed E-state index contributed by atoms with van der Waals surface area (Å²) in [5.74, 6) is 1.07. The number of fused-ring (bicyclic) bond motifs is 4. The fourth-order valence-corrected chi connectivity index (χ4v) is 4.22. The lowest BCUT2D eigenvalue weighted by Gasteiger charge is -2.40. The summed E-state index contributed by atoms with van der Waals surface area (Å²) in [5.41, 5.74) is 2.24. The van der Waals surface area contributed by atoms with E-state index in [9.17, 15) is 4.79 Å². The lowest BCUT2D eigenvalue weighted by atomic mass is 9.90. The Hall–Kier alpha value is -2.81. The molecule has 2 aliphatic rings. The SMILES string of the molecule is CC1CC2Oc3ccc4ccccc4c3C(c3ccccc3)N2C1=O. The van der Waals surface area contributed by atoms with E-state index in [4.69, 9.17) is 4.74 Å². The molecule has 3 aromatic rings. The minimum atomic E-state index is -0.179. The number of benzene rings is 3. The summed E-state index contributed by atoms with van der Waals surface area (Å²) in [6.07, 6.45) is 0.565. The zero-order valence-electron chi connectivity index (χ0n) is 14.1. The molecule has 3 heteroatoms. The molecular formula is C22H19NO2. The molecule has 0 aliphatic carbocycles. The van der Waals surface area contributed by atoms with Crippen LogP contribution in [0.3, 0.4) is 0 Å². The van der Waals surface area contributed by atoms with Gasteiger partial charge in [0.25, 0.3) is 0 Å². The van der Waals surface area contributed by atoms with Gasteiger partial charge in [0.05, 0.1) is 6.04 Å². The topological polar surface area (TPSA) is 29.5 Å². The van der Waals surface area contributed by atoms with Crippen LogP contribution in [-0.4, -0.2) is 17.0 Å². The summed E-state index contributed by atoms with van der Waals surface area (Å²) in [7, 11) is 0. The Kier molecular flexibility index (Phi) is 3.11. The largest absolute Gasteiger partial charge is 0.470 e. The number of hydrogen-bond donors (Lipinski definition) is 0. The van der Waals surface area contributed by atoms with E-state index in [1.807, 2.05) is 42.2 Å². The monoisotopic (exact) mass is 329 g/mol. The van der Waals surface area contributed by atoms with Crippen LogP contribution in [0.1, 0.15) is 30.5 Å². The third kappa shape index (κ3) is 2.08. The molecular weight excluding hydrogens is 310 g/mol. The van der Waals surface area contributed by atoms with Crippen LogP contribution < -0.4 is 4.74 Å². The Labute approximate surface area is 146 Å². The first kappa shape index (κ1) is 14.5. The number of carbonyl (C=O) groups is 1. The van der Waals surface area contributed by atoms with Crippen LogP contribution in [0.5, 0.6) is 5.75 Å². The average Bonchev–Trinajstić information content (AvgIpc) is 2.94. The smallest absolute Gasteiger partial charge is 0.229 e. The molecule has 0 bridgehead atoms. The molecule has 3 unspecified atom stereocenters. The van der Waals surface area contributed by atoms with Crippen molar-refractivity contribution in [2.75, 3.05) is 0 Å². The minimum absolute atomic E-state index is 0.00297. The van der Waals surface area contributed by atoms with Crippen molar-refractivity contribution >= 4 is 16.7 Å². The van der Waals surface area contributed by atoms with Gasteiger partial charge in [-0.15, -0.1) is 0 Å². The van der Waals surface area contributed by atoms with Crippen molar-refractivity contribution in [1.82, 2.24) is 4.90 Å². The number of amides is 1. The molecule has 2 heterocycles. The van der Waals surface area contributed by atoms with Gasteiger partial charge in [-0.25, -0.2) is 0 Å². The van der Waals surface area contributed by atoms with Crippen LogP contribution in [-0.2, 0) is 4.79 Å². The Morgan fingerprint density at radius 1 is 0.960 bits per heavy atom. The summed E-state index contributed by atoms with van der Waals surface area (Å²) in [5, 5.41) is 2.32. The molecule has 1 fully saturated rings. The van der Waals surface area contributed by atoms with Gasteiger partial charge in [-0.3, -0.25) is 9.69 Å². The minimum Gasteiger partial charge on any atom is -0.470 e. The molecule has 0 spiro atoms. The normalized spacial score (nSPS) is 24.8. The third-order valence-corrected chi connectivity index (χ3v) is 5.40. The Balaban J connectivity index is 1.81. The van der Waals surface area contributed by atoms with Crippen molar-refractivity contribution in [3.63, 3.8) is 0 Å². The van der Waals surface area contributed by atoms with E-state index in [1.165, 1.54) is 5.39 Å². The highest BCUT2D eigenvalue weighted by atomic mass is 16.5. The number of carbonyl (C=O) groups excluding carboxylic acids is 1. The van der Waals surface area contributed by atoms with Crippen LogP contribution >= 0.6 is 0 Å². The van der Waals surface area contributed by atoms with Gasteiger partial charge in [0, 0.05) is 17.9 Å². The maximum absolute atomic E-state index is 12.9. The number of rotatable bonds is 1. The van der Waals surface area contributed by atoms with Gasteiger partial charge >= 0.3 is 0 Å². The van der Waals surface area contributed by atoms with E-state index in [1.54, 1.807) is 0 Å². The van der Waals surface area contributed by atoms with Gasteiger partial charge in [-0.2, -0.15) is 0 Å². The Morgan fingerprint density at radius 3 is 2.56 bits per heavy atom. The Bertz CT molecular complexity index is 966. The van der Waals surface area contributed by atoms with Gasteiger partial charge in [0.2, 0.25) is 5.91 Å². The van der Waals surface area contributed by atoms with E-state index < -0.39 is 0 Å². The molecule has 5 rings (SSSR count). The van der Waals surface area contributed by atoms with Crippen LogP contribution in [0.2, 0.25) is 0 Å². The maximum Gasteiger partial charge on any atom is 0.229 e. The standard InChI is InChI=1S/C22H19NO2/c1-14-13-19-23(22(14)24)21(16-8-3-2-4-9-16)20-17-10-6-5-7-15(17)11-12-18(20)25-19/h2-12,14,19,21H,13H2,1H3. The molecule has 124 valence electrons. The Morgan fingerprint density at radius 2 is 1.72 bits per heavy atom. The van der Waals surface area contributed by atoms with Crippen molar-refractivity contribution in [2.45, 2.75) is 25.6 Å². The molecule has 0 aromatic heterocycles. The molecule has 0 saturated carbocycles. The zero-order chi connectivity index (χ0) is 17.0. The second kappa shape index (κ2) is 5.35. The van der Waals surface area contributed by atoms with Gasteiger partial charge in [0.1, 0.15) is 5.75 Å². The van der Waals surface area contributed by atoms with Crippen LogP contribution in [0, 0.1) is 5.92 Å². The summed E-state index contributed by atoms with van der Waals surface area (Å²) < 4.78 is 6.26. The van der Waals surface area contributed by atoms with Crippen LogP contribution in [0.25, 0.3) is 10.8 Å². The van der Waals surface area contributed by atoms with Gasteiger partial charge in [-0.1, -0.05) is 67.6 Å². The fraction of sp³-hybridized carbons (Fsp3) is 0.227. The van der Waals surface area contributed by atoms with E-state index in [0.717, 1.165) is 28.7 Å². The van der Waals surface area contributed by atoms with E-state index >= 15 is 0 Å². The quantitative estimate of drug-likeness (QED) is 0.657. The molecule has 3 atom stereocenters. The molecule has 3 nitrogen and oxygen atoms in total. The highest BCUT2D eigenvalue weighted by Gasteiger charge is 2.47. The lowest BCUT2D eigenvalue weighted by Crippen LogP contribution is -2.44. The van der Waals surface area contributed by atoms with Crippen LogP contribution in [0.15, 0.2) is 66.7 Å². The first-order valence-electron chi connectivity index (χ1n) is 8.79. The lowest BCUT2D eigenvalue weighted by molar-refractivity contribution is -0.138. The maximum atomic E-state index is 12.9. The molecule has 1 saturated heterocycles. The average molecular weight is 329 g/mol. The number of ether oxygens (including phenoxy) is 1. The number of nitrogens with zero attached hydrogens (tertiary/aromatic N) is 1. The van der Waals surface area contributed by atoms with Crippen molar-refractivity contribution in [3.8, 4) is 5.75 Å². The molecule has 0 N–H and O–H groups in total. The molecule has 1 amide bonds. The highest BCUT2D eigenvalue weighted by Crippen LogP contribution is 2.48. The van der Waals surface area contributed by atoms with Crippen LogP contribution in [0.4, 0.5) is 0 Å². The summed E-state index contributed by atoms with van der Waals surface area (Å²) >= 11 is 0. The zero-order valence-corrected chi connectivity index (χ0v) is 14.1. The highest BCUT2D eigenvalue weighted by molar-refractivity contribution is 5.91. The summed E-state index contributed by atoms with van der Waals surface area (Å²) in [6, 6.07) is 22.7. The predicted molar refractivity (Wildman–Crippen MR) is 97.3 cm³/mol. The van der Waals surface area contributed by atoms with Crippen molar-refractivity contribution in [3.05, 3.63) is 77.9 Å². The fourth-order valence-electron chi connectivity index (χ4n) is 4.22. The van der Waals surface area contributed by atoms with Crippen molar-refractivity contribution < 1.29 is 9.53 Å². The van der Waals surface area contributed by atoms with Crippen molar-refractivity contribution in [2.24, 2.45) is 5.92 Å². The predicted octanol–water partition coefficient (Wildman–Crippen LogP) is 4.52. The second-order valence-electron chi connectivity index (χ2n) is 6.97. The van der Waals surface area contributed by atoms with E-state index in [2.05, 4.69) is 36.4 Å². The van der Waals surface area contributed by atoms with Gasteiger partial charge in [0.15, 0.2) is 6.23 Å². The molecule has 0 radical (unpaired) electrons. The second-order valence-corrected chi connectivity index (χ2v) is 6.97. The number of hydrogen-bond acceptors (Lipinski definition) is 2. The third-order valence-electron chi connectivity index (χ3n) is 5.40. The van der Waals surface area contributed by atoms with Gasteiger partial charge in [-0.05, 0) is 22.4 Å². The van der Waals surface area contributed by atoms with E-state index in [0.29, 0.717) is 0 Å². The molecule has 25 heavy (non-hydrogen) atoms. The molecule has 2 aliphatic heterocycles. The van der Waals surface area contributed by atoms with Gasteiger partial charge < -0.3 is 4.74 Å².